The van der Waals surface area contributed by atoms with Crippen molar-refractivity contribution in [2.75, 3.05) is 20.3 Å². The maximum atomic E-state index is 12.0. The minimum atomic E-state index is -0.337. The zero-order valence-corrected chi connectivity index (χ0v) is 11.2. The summed E-state index contributed by atoms with van der Waals surface area (Å²) in [6, 6.07) is 0. The Morgan fingerprint density at radius 3 is 2.38 bits per heavy atom. The Labute approximate surface area is 98.9 Å². The maximum Gasteiger partial charge on any atom is 0.224 e. The molecule has 16 heavy (non-hydrogen) atoms. The quantitative estimate of drug-likeness (QED) is 0.689. The average molecular weight is 230 g/mol. The van der Waals surface area contributed by atoms with Gasteiger partial charge in [0.2, 0.25) is 5.91 Å². The lowest BCUT2D eigenvalue weighted by molar-refractivity contribution is -0.127. The van der Waals surface area contributed by atoms with Crippen molar-refractivity contribution in [1.29, 1.82) is 0 Å². The topological polar surface area (TPSA) is 64.3 Å². The lowest BCUT2D eigenvalue weighted by Crippen LogP contribution is -2.50. The lowest BCUT2D eigenvalue weighted by atomic mass is 9.95. The van der Waals surface area contributed by atoms with Crippen LogP contribution in [0.15, 0.2) is 0 Å². The van der Waals surface area contributed by atoms with Gasteiger partial charge < -0.3 is 15.8 Å². The molecule has 4 heteroatoms. The molecule has 1 atom stereocenters. The third-order valence-electron chi connectivity index (χ3n) is 2.38. The third-order valence-corrected chi connectivity index (χ3v) is 2.38. The predicted molar refractivity (Wildman–Crippen MR) is 66.1 cm³/mol. The zero-order valence-electron chi connectivity index (χ0n) is 11.2. The highest BCUT2D eigenvalue weighted by Crippen LogP contribution is 2.12. The van der Waals surface area contributed by atoms with Crippen molar-refractivity contribution in [1.82, 2.24) is 5.32 Å². The molecule has 0 spiro atoms. The van der Waals surface area contributed by atoms with Crippen molar-refractivity contribution < 1.29 is 9.53 Å². The Morgan fingerprint density at radius 2 is 2.00 bits per heavy atom. The summed E-state index contributed by atoms with van der Waals surface area (Å²) in [7, 11) is 1.63. The van der Waals surface area contributed by atoms with Crippen molar-refractivity contribution >= 4 is 5.91 Å². The van der Waals surface area contributed by atoms with Gasteiger partial charge in [-0.25, -0.2) is 0 Å². The number of rotatable bonds is 7. The van der Waals surface area contributed by atoms with Gasteiger partial charge in [-0.2, -0.15) is 0 Å². The van der Waals surface area contributed by atoms with Gasteiger partial charge in [0.05, 0.1) is 18.1 Å². The summed E-state index contributed by atoms with van der Waals surface area (Å²) < 4.78 is 5.06. The monoisotopic (exact) mass is 230 g/mol. The Balaban J connectivity index is 4.30. The molecule has 0 aliphatic carbocycles. The molecule has 0 heterocycles. The van der Waals surface area contributed by atoms with Crippen LogP contribution in [-0.2, 0) is 9.53 Å². The number of carbonyl (C=O) groups excluding carboxylic acids is 1. The van der Waals surface area contributed by atoms with Crippen LogP contribution in [0.1, 0.15) is 34.1 Å². The molecule has 3 N–H and O–H groups in total. The van der Waals surface area contributed by atoms with Gasteiger partial charge in [-0.15, -0.1) is 0 Å². The van der Waals surface area contributed by atoms with Crippen LogP contribution in [-0.4, -0.2) is 31.7 Å². The van der Waals surface area contributed by atoms with Crippen molar-refractivity contribution in [2.24, 2.45) is 17.6 Å². The minimum absolute atomic E-state index is 0.0262. The van der Waals surface area contributed by atoms with Crippen LogP contribution < -0.4 is 11.1 Å². The summed E-state index contributed by atoms with van der Waals surface area (Å²) in [6.45, 7) is 8.96. The van der Waals surface area contributed by atoms with Gasteiger partial charge in [-0.3, -0.25) is 4.79 Å². The van der Waals surface area contributed by atoms with Gasteiger partial charge in [0, 0.05) is 13.7 Å². The summed E-state index contributed by atoms with van der Waals surface area (Å²) in [4.78, 5) is 12.0. The molecule has 96 valence electrons. The number of amides is 1. The van der Waals surface area contributed by atoms with Gasteiger partial charge in [0.1, 0.15) is 0 Å². The third kappa shape index (κ3) is 6.08. The number of nitrogens with two attached hydrogens (primary N) is 1. The van der Waals surface area contributed by atoms with Crippen molar-refractivity contribution in [3.05, 3.63) is 0 Å². The van der Waals surface area contributed by atoms with E-state index in [4.69, 9.17) is 10.5 Å². The molecule has 0 saturated carbocycles. The number of hydrogen-bond donors (Lipinski definition) is 2. The van der Waals surface area contributed by atoms with E-state index >= 15 is 0 Å². The molecule has 0 rings (SSSR count). The summed E-state index contributed by atoms with van der Waals surface area (Å²) >= 11 is 0. The van der Waals surface area contributed by atoms with Gasteiger partial charge in [-0.05, 0) is 26.2 Å². The largest absolute Gasteiger partial charge is 0.382 e. The van der Waals surface area contributed by atoms with E-state index in [1.54, 1.807) is 7.11 Å². The highest BCUT2D eigenvalue weighted by Gasteiger charge is 2.25. The van der Waals surface area contributed by atoms with Crippen LogP contribution >= 0.6 is 0 Å². The van der Waals surface area contributed by atoms with Crippen LogP contribution in [0.2, 0.25) is 0 Å². The second kappa shape index (κ2) is 6.86. The Bertz CT molecular complexity index is 215. The van der Waals surface area contributed by atoms with E-state index in [1.807, 2.05) is 13.8 Å². The van der Waals surface area contributed by atoms with Crippen LogP contribution in [0.4, 0.5) is 0 Å². The standard InChI is InChI=1S/C12H26N2O2/c1-9(2)6-10(7-13)11(15)14-12(3,4)8-16-5/h9-10H,6-8,13H2,1-5H3,(H,14,15). The highest BCUT2D eigenvalue weighted by atomic mass is 16.5. The second-order valence-electron chi connectivity index (χ2n) is 5.37. The van der Waals surface area contributed by atoms with E-state index in [-0.39, 0.29) is 17.4 Å². The predicted octanol–water partition coefficient (Wildman–Crippen LogP) is 1.15. The Hall–Kier alpha value is -0.610. The SMILES string of the molecule is COCC(C)(C)NC(=O)C(CN)CC(C)C. The zero-order chi connectivity index (χ0) is 12.8. The first-order valence-electron chi connectivity index (χ1n) is 5.83. The second-order valence-corrected chi connectivity index (χ2v) is 5.37. The number of methoxy groups -OCH3 is 1. The first-order chi connectivity index (χ1) is 7.32. The minimum Gasteiger partial charge on any atom is -0.382 e. The molecule has 0 fully saturated rings. The van der Waals surface area contributed by atoms with Crippen molar-refractivity contribution in [3.8, 4) is 0 Å². The molecule has 4 nitrogen and oxygen atoms in total. The fraction of sp³-hybridized carbons (Fsp3) is 0.917. The molecule has 0 aromatic carbocycles. The number of nitrogens with one attached hydrogen (secondary N) is 1. The summed E-state index contributed by atoms with van der Waals surface area (Å²) in [5.74, 6) is 0.402. The molecular weight excluding hydrogens is 204 g/mol. The van der Waals surface area contributed by atoms with Gasteiger partial charge >= 0.3 is 0 Å². The van der Waals surface area contributed by atoms with Crippen molar-refractivity contribution in [2.45, 2.75) is 39.7 Å². The molecule has 0 aliphatic heterocycles. The van der Waals surface area contributed by atoms with Gasteiger partial charge in [0.25, 0.3) is 0 Å². The van der Waals surface area contributed by atoms with E-state index in [9.17, 15) is 4.79 Å². The fourth-order valence-electron chi connectivity index (χ4n) is 1.71. The Kier molecular flexibility index (Phi) is 6.60. The molecule has 0 aromatic rings. The van der Waals surface area contributed by atoms with Gasteiger partial charge in [-0.1, -0.05) is 13.8 Å². The number of carbonyl (C=O) groups is 1. The average Bonchev–Trinajstić information content (AvgIpc) is 2.12. The van der Waals surface area contributed by atoms with E-state index in [0.717, 1.165) is 6.42 Å². The molecule has 0 radical (unpaired) electrons. The molecule has 1 unspecified atom stereocenters. The van der Waals surface area contributed by atoms with Gasteiger partial charge in [0.15, 0.2) is 0 Å². The first kappa shape index (κ1) is 15.4. The lowest BCUT2D eigenvalue weighted by Gasteiger charge is -2.28. The van der Waals surface area contributed by atoms with Crippen molar-refractivity contribution in [3.63, 3.8) is 0 Å². The maximum absolute atomic E-state index is 12.0. The molecule has 0 bridgehead atoms. The number of hydrogen-bond acceptors (Lipinski definition) is 3. The molecule has 1 amide bonds. The van der Waals surface area contributed by atoms with Crippen LogP contribution in [0.5, 0.6) is 0 Å². The summed E-state index contributed by atoms with van der Waals surface area (Å²) in [6.07, 6.45) is 0.825. The van der Waals surface area contributed by atoms with E-state index in [0.29, 0.717) is 19.1 Å². The highest BCUT2D eigenvalue weighted by molar-refractivity contribution is 5.79. The summed E-state index contributed by atoms with van der Waals surface area (Å²) in [5, 5.41) is 2.97. The fourth-order valence-corrected chi connectivity index (χ4v) is 1.71. The Morgan fingerprint density at radius 1 is 1.44 bits per heavy atom. The van der Waals surface area contributed by atoms with Crippen LogP contribution in [0, 0.1) is 11.8 Å². The van der Waals surface area contributed by atoms with Crippen LogP contribution in [0.25, 0.3) is 0 Å². The normalized spacial score (nSPS) is 13.9. The molecule has 0 aromatic heterocycles. The molecule has 0 aliphatic rings. The van der Waals surface area contributed by atoms with E-state index in [1.165, 1.54) is 0 Å². The first-order valence-corrected chi connectivity index (χ1v) is 5.83. The van der Waals surface area contributed by atoms with E-state index in [2.05, 4.69) is 19.2 Å². The molecular formula is C12H26N2O2. The smallest absolute Gasteiger partial charge is 0.224 e. The number of ether oxygens (including phenoxy) is 1. The van der Waals surface area contributed by atoms with Crippen LogP contribution in [0.3, 0.4) is 0 Å². The van der Waals surface area contributed by atoms with E-state index < -0.39 is 0 Å². The molecule has 0 saturated heterocycles. The summed E-state index contributed by atoms with van der Waals surface area (Å²) in [5.41, 5.74) is 5.29.